The summed E-state index contributed by atoms with van der Waals surface area (Å²) in [6.45, 7) is 0.124. The second-order valence-corrected chi connectivity index (χ2v) is 4.89. The SMILES string of the molecule is Fc1cccc(-c2ccccc2OCc2ccccc2F)c1. The monoisotopic (exact) mass is 296 g/mol. The Kier molecular flexibility index (Phi) is 4.15. The third kappa shape index (κ3) is 3.14. The minimum absolute atomic E-state index is 0.124. The Labute approximate surface area is 127 Å². The molecular formula is C19H14F2O. The summed E-state index contributed by atoms with van der Waals surface area (Å²) in [4.78, 5) is 0. The molecule has 0 fully saturated rings. The molecule has 0 radical (unpaired) electrons. The van der Waals surface area contributed by atoms with E-state index < -0.39 is 0 Å². The smallest absolute Gasteiger partial charge is 0.129 e. The van der Waals surface area contributed by atoms with Crippen molar-refractivity contribution in [2.45, 2.75) is 6.61 Å². The first-order valence-corrected chi connectivity index (χ1v) is 6.95. The van der Waals surface area contributed by atoms with Crippen molar-refractivity contribution in [1.82, 2.24) is 0 Å². The van der Waals surface area contributed by atoms with Crippen molar-refractivity contribution in [2.75, 3.05) is 0 Å². The van der Waals surface area contributed by atoms with E-state index in [1.54, 1.807) is 30.3 Å². The summed E-state index contributed by atoms with van der Waals surface area (Å²) < 4.78 is 32.8. The molecule has 3 aromatic carbocycles. The standard InChI is InChI=1S/C19H14F2O/c20-16-8-5-7-14(12-16)17-9-2-4-11-19(17)22-13-15-6-1-3-10-18(15)21/h1-12H,13H2. The molecule has 0 saturated heterocycles. The highest BCUT2D eigenvalue weighted by atomic mass is 19.1. The van der Waals surface area contributed by atoms with Crippen LogP contribution in [-0.2, 0) is 6.61 Å². The number of para-hydroxylation sites is 1. The van der Waals surface area contributed by atoms with Gasteiger partial charge in [-0.25, -0.2) is 8.78 Å². The summed E-state index contributed by atoms with van der Waals surface area (Å²) >= 11 is 0. The molecular weight excluding hydrogens is 282 g/mol. The van der Waals surface area contributed by atoms with E-state index in [-0.39, 0.29) is 18.2 Å². The molecule has 3 rings (SSSR count). The maximum absolute atomic E-state index is 13.6. The Bertz CT molecular complexity index is 784. The lowest BCUT2D eigenvalue weighted by Crippen LogP contribution is -1.99. The number of benzene rings is 3. The van der Waals surface area contributed by atoms with E-state index >= 15 is 0 Å². The van der Waals surface area contributed by atoms with Crippen molar-refractivity contribution >= 4 is 0 Å². The van der Waals surface area contributed by atoms with Gasteiger partial charge in [-0.2, -0.15) is 0 Å². The predicted octanol–water partition coefficient (Wildman–Crippen LogP) is 5.21. The van der Waals surface area contributed by atoms with Gasteiger partial charge in [-0.15, -0.1) is 0 Å². The minimum Gasteiger partial charge on any atom is -0.488 e. The third-order valence-corrected chi connectivity index (χ3v) is 3.36. The number of hydrogen-bond donors (Lipinski definition) is 0. The zero-order valence-corrected chi connectivity index (χ0v) is 11.8. The van der Waals surface area contributed by atoms with E-state index in [1.807, 2.05) is 24.3 Å². The summed E-state index contributed by atoms with van der Waals surface area (Å²) in [5.41, 5.74) is 1.99. The molecule has 0 aliphatic heterocycles. The molecule has 0 amide bonds. The van der Waals surface area contributed by atoms with Gasteiger partial charge >= 0.3 is 0 Å². The van der Waals surface area contributed by atoms with Gasteiger partial charge in [0.15, 0.2) is 0 Å². The fraction of sp³-hybridized carbons (Fsp3) is 0.0526. The van der Waals surface area contributed by atoms with E-state index in [9.17, 15) is 8.78 Å². The Morgan fingerprint density at radius 2 is 1.55 bits per heavy atom. The van der Waals surface area contributed by atoms with E-state index in [0.29, 0.717) is 11.3 Å². The van der Waals surface area contributed by atoms with E-state index in [0.717, 1.165) is 11.1 Å². The fourth-order valence-electron chi connectivity index (χ4n) is 2.26. The molecule has 3 heteroatoms. The largest absolute Gasteiger partial charge is 0.488 e. The van der Waals surface area contributed by atoms with Crippen LogP contribution in [0.1, 0.15) is 5.56 Å². The van der Waals surface area contributed by atoms with Crippen molar-refractivity contribution in [3.05, 3.63) is 90.0 Å². The maximum atomic E-state index is 13.6. The van der Waals surface area contributed by atoms with E-state index in [2.05, 4.69) is 0 Å². The van der Waals surface area contributed by atoms with Gasteiger partial charge in [-0.1, -0.05) is 48.5 Å². The van der Waals surface area contributed by atoms with Gasteiger partial charge in [0, 0.05) is 11.1 Å². The Morgan fingerprint density at radius 3 is 2.36 bits per heavy atom. The van der Waals surface area contributed by atoms with Gasteiger partial charge in [-0.3, -0.25) is 0 Å². The first-order chi connectivity index (χ1) is 10.7. The normalized spacial score (nSPS) is 10.5. The maximum Gasteiger partial charge on any atom is 0.129 e. The summed E-state index contributed by atoms with van der Waals surface area (Å²) in [5.74, 6) is -0.0107. The van der Waals surface area contributed by atoms with Crippen molar-refractivity contribution < 1.29 is 13.5 Å². The molecule has 0 aliphatic carbocycles. The van der Waals surface area contributed by atoms with Gasteiger partial charge in [0.25, 0.3) is 0 Å². The highest BCUT2D eigenvalue weighted by molar-refractivity contribution is 5.70. The fourth-order valence-corrected chi connectivity index (χ4v) is 2.26. The molecule has 22 heavy (non-hydrogen) atoms. The number of ether oxygens (including phenoxy) is 1. The molecule has 110 valence electrons. The van der Waals surface area contributed by atoms with Crippen LogP contribution in [0.15, 0.2) is 72.8 Å². The van der Waals surface area contributed by atoms with Gasteiger partial charge in [0.1, 0.15) is 24.0 Å². The van der Waals surface area contributed by atoms with Crippen molar-refractivity contribution in [1.29, 1.82) is 0 Å². The predicted molar refractivity (Wildman–Crippen MR) is 82.6 cm³/mol. The van der Waals surface area contributed by atoms with Gasteiger partial charge in [0.05, 0.1) is 0 Å². The lowest BCUT2D eigenvalue weighted by atomic mass is 10.0. The molecule has 0 spiro atoms. The molecule has 0 N–H and O–H groups in total. The minimum atomic E-state index is -0.304. The quantitative estimate of drug-likeness (QED) is 0.642. The second kappa shape index (κ2) is 6.39. The summed E-state index contributed by atoms with van der Waals surface area (Å²) in [6, 6.07) is 20.1. The molecule has 0 unspecified atom stereocenters. The average Bonchev–Trinajstić information content (AvgIpc) is 2.54. The molecule has 0 heterocycles. The number of hydrogen-bond acceptors (Lipinski definition) is 1. The topological polar surface area (TPSA) is 9.23 Å². The van der Waals surface area contributed by atoms with Crippen LogP contribution in [0.4, 0.5) is 8.78 Å². The van der Waals surface area contributed by atoms with Crippen LogP contribution in [0.2, 0.25) is 0 Å². The average molecular weight is 296 g/mol. The van der Waals surface area contributed by atoms with Crippen LogP contribution in [-0.4, -0.2) is 0 Å². The highest BCUT2D eigenvalue weighted by Gasteiger charge is 2.08. The van der Waals surface area contributed by atoms with Crippen LogP contribution in [0.5, 0.6) is 5.75 Å². The van der Waals surface area contributed by atoms with E-state index in [4.69, 9.17) is 4.74 Å². The van der Waals surface area contributed by atoms with Crippen molar-refractivity contribution in [3.8, 4) is 16.9 Å². The van der Waals surface area contributed by atoms with Crippen LogP contribution in [0.3, 0.4) is 0 Å². The zero-order chi connectivity index (χ0) is 15.4. The molecule has 0 atom stereocenters. The molecule has 0 aliphatic rings. The summed E-state index contributed by atoms with van der Waals surface area (Å²) in [6.07, 6.45) is 0. The molecule has 1 nitrogen and oxygen atoms in total. The molecule has 0 aromatic heterocycles. The van der Waals surface area contributed by atoms with Gasteiger partial charge in [-0.05, 0) is 29.8 Å². The molecule has 0 saturated carbocycles. The lowest BCUT2D eigenvalue weighted by molar-refractivity contribution is 0.301. The van der Waals surface area contributed by atoms with Gasteiger partial charge in [0.2, 0.25) is 0 Å². The van der Waals surface area contributed by atoms with Crippen LogP contribution in [0, 0.1) is 11.6 Å². The Balaban J connectivity index is 1.87. The lowest BCUT2D eigenvalue weighted by Gasteiger charge is -2.12. The Hall–Kier alpha value is -2.68. The van der Waals surface area contributed by atoms with Crippen molar-refractivity contribution in [3.63, 3.8) is 0 Å². The second-order valence-electron chi connectivity index (χ2n) is 4.89. The third-order valence-electron chi connectivity index (χ3n) is 3.36. The zero-order valence-electron chi connectivity index (χ0n) is 11.8. The van der Waals surface area contributed by atoms with Crippen LogP contribution in [0.25, 0.3) is 11.1 Å². The van der Waals surface area contributed by atoms with Crippen molar-refractivity contribution in [2.24, 2.45) is 0 Å². The first kappa shape index (κ1) is 14.3. The van der Waals surface area contributed by atoms with Crippen LogP contribution >= 0.6 is 0 Å². The van der Waals surface area contributed by atoms with E-state index in [1.165, 1.54) is 18.2 Å². The number of rotatable bonds is 4. The van der Waals surface area contributed by atoms with Crippen LogP contribution < -0.4 is 4.74 Å². The molecule has 0 bridgehead atoms. The molecule has 3 aromatic rings. The van der Waals surface area contributed by atoms with Gasteiger partial charge < -0.3 is 4.74 Å². The first-order valence-electron chi connectivity index (χ1n) is 6.95. The number of halogens is 2. The summed E-state index contributed by atoms with van der Waals surface area (Å²) in [7, 11) is 0. The summed E-state index contributed by atoms with van der Waals surface area (Å²) in [5, 5.41) is 0. The Morgan fingerprint density at radius 1 is 0.773 bits per heavy atom. The highest BCUT2D eigenvalue weighted by Crippen LogP contribution is 2.30.